The molecular formula is C24H36O5. The van der Waals surface area contributed by atoms with E-state index in [4.69, 9.17) is 9.47 Å². The molecule has 5 heteroatoms. The third kappa shape index (κ3) is 5.30. The molecule has 3 rings (SSSR count). The molecule has 0 bridgehead atoms. The van der Waals surface area contributed by atoms with E-state index in [0.717, 1.165) is 25.7 Å². The quantitative estimate of drug-likeness (QED) is 0.672. The van der Waals surface area contributed by atoms with Crippen LogP contribution in [0.3, 0.4) is 0 Å². The number of rotatable bonds is 6. The summed E-state index contributed by atoms with van der Waals surface area (Å²) >= 11 is 0. The third-order valence-electron chi connectivity index (χ3n) is 6.93. The number of hydrogen-bond acceptors (Lipinski definition) is 5. The molecule has 1 heterocycles. The van der Waals surface area contributed by atoms with E-state index in [9.17, 15) is 14.7 Å². The van der Waals surface area contributed by atoms with Gasteiger partial charge in [-0.25, -0.2) is 0 Å². The van der Waals surface area contributed by atoms with Crippen LogP contribution in [0.2, 0.25) is 0 Å². The van der Waals surface area contributed by atoms with Gasteiger partial charge in [0.25, 0.3) is 0 Å². The van der Waals surface area contributed by atoms with Crippen molar-refractivity contribution in [1.29, 1.82) is 0 Å². The summed E-state index contributed by atoms with van der Waals surface area (Å²) in [7, 11) is 0. The number of esters is 2. The molecule has 2 aliphatic carbocycles. The number of aliphatic hydroxyl groups excluding tert-OH is 1. The first-order valence-electron chi connectivity index (χ1n) is 11.3. The van der Waals surface area contributed by atoms with Crippen molar-refractivity contribution < 1.29 is 24.2 Å². The second-order valence-corrected chi connectivity index (χ2v) is 9.36. The predicted molar refractivity (Wildman–Crippen MR) is 111 cm³/mol. The molecule has 0 aromatic rings. The molecule has 0 spiro atoms. The summed E-state index contributed by atoms with van der Waals surface area (Å²) in [5.74, 6) is 0.755. The van der Waals surface area contributed by atoms with Crippen molar-refractivity contribution in [1.82, 2.24) is 0 Å². The second kappa shape index (κ2) is 9.46. The minimum absolute atomic E-state index is 0.0854. The lowest BCUT2D eigenvalue weighted by Gasteiger charge is -2.43. The highest BCUT2D eigenvalue weighted by Gasteiger charge is 2.42. The topological polar surface area (TPSA) is 72.8 Å². The van der Waals surface area contributed by atoms with Crippen LogP contribution in [0.1, 0.15) is 66.2 Å². The Morgan fingerprint density at radius 3 is 2.76 bits per heavy atom. The molecular weight excluding hydrogens is 368 g/mol. The molecule has 0 saturated carbocycles. The van der Waals surface area contributed by atoms with Crippen LogP contribution in [-0.4, -0.2) is 35.4 Å². The first-order valence-corrected chi connectivity index (χ1v) is 11.3. The van der Waals surface area contributed by atoms with Gasteiger partial charge < -0.3 is 14.6 Å². The lowest BCUT2D eigenvalue weighted by atomic mass is 9.65. The van der Waals surface area contributed by atoms with E-state index in [1.165, 1.54) is 5.57 Å². The number of cyclic esters (lactones) is 1. The molecule has 5 nitrogen and oxygen atoms in total. The van der Waals surface area contributed by atoms with Crippen molar-refractivity contribution in [3.8, 4) is 0 Å². The third-order valence-corrected chi connectivity index (χ3v) is 6.93. The summed E-state index contributed by atoms with van der Waals surface area (Å²) in [5.41, 5.74) is 1.27. The largest absolute Gasteiger partial charge is 0.462 e. The highest BCUT2D eigenvalue weighted by Crippen LogP contribution is 2.45. The molecule has 162 valence electrons. The molecule has 0 aromatic carbocycles. The van der Waals surface area contributed by atoms with Gasteiger partial charge in [0.05, 0.1) is 18.4 Å². The lowest BCUT2D eigenvalue weighted by Crippen LogP contribution is -2.42. The van der Waals surface area contributed by atoms with Crippen molar-refractivity contribution in [2.45, 2.75) is 84.5 Å². The average Bonchev–Trinajstić information content (AvgIpc) is 2.65. The molecule has 0 amide bonds. The Labute approximate surface area is 174 Å². The zero-order chi connectivity index (χ0) is 21.1. The van der Waals surface area contributed by atoms with E-state index in [1.807, 2.05) is 13.8 Å². The van der Waals surface area contributed by atoms with Gasteiger partial charge in [0.15, 0.2) is 0 Å². The van der Waals surface area contributed by atoms with Gasteiger partial charge in [-0.05, 0) is 49.0 Å². The SMILES string of the molecule is CCC(C)C(=O)OC1CC(C)C=C2C=CC(C)C(CCC3CC(O)CC(=O)O3)[C@H]21. The van der Waals surface area contributed by atoms with Crippen LogP contribution in [0.25, 0.3) is 0 Å². The average molecular weight is 405 g/mol. The standard InChI is InChI=1S/C24H36O5/c1-5-15(3)24(27)29-21-11-14(2)10-17-7-6-16(4)20(23(17)21)9-8-19-12-18(25)13-22(26)28-19/h6-7,10,14-16,18-21,23,25H,5,8-9,11-13H2,1-4H3/t14?,15?,16?,18?,19?,20?,21?,23-/m0/s1. The number of fused-ring (bicyclic) bond motifs is 1. The molecule has 29 heavy (non-hydrogen) atoms. The summed E-state index contributed by atoms with van der Waals surface area (Å²) in [6.45, 7) is 8.33. The number of ether oxygens (including phenoxy) is 2. The highest BCUT2D eigenvalue weighted by atomic mass is 16.5. The monoisotopic (exact) mass is 404 g/mol. The maximum Gasteiger partial charge on any atom is 0.308 e. The zero-order valence-corrected chi connectivity index (χ0v) is 18.2. The van der Waals surface area contributed by atoms with Gasteiger partial charge in [0.1, 0.15) is 12.2 Å². The number of hydrogen-bond donors (Lipinski definition) is 1. The van der Waals surface area contributed by atoms with E-state index >= 15 is 0 Å². The predicted octanol–water partition coefficient (Wildman–Crippen LogP) is 4.20. The van der Waals surface area contributed by atoms with E-state index in [2.05, 4.69) is 32.1 Å². The van der Waals surface area contributed by atoms with Crippen LogP contribution in [0, 0.1) is 29.6 Å². The van der Waals surface area contributed by atoms with E-state index < -0.39 is 6.10 Å². The maximum absolute atomic E-state index is 12.5. The van der Waals surface area contributed by atoms with E-state index in [-0.39, 0.29) is 42.4 Å². The van der Waals surface area contributed by atoms with Gasteiger partial charge in [0, 0.05) is 12.3 Å². The summed E-state index contributed by atoms with van der Waals surface area (Å²) in [6, 6.07) is 0. The Morgan fingerprint density at radius 2 is 2.07 bits per heavy atom. The summed E-state index contributed by atoms with van der Waals surface area (Å²) < 4.78 is 11.5. The van der Waals surface area contributed by atoms with Crippen molar-refractivity contribution in [3.05, 3.63) is 23.8 Å². The first-order chi connectivity index (χ1) is 13.8. The maximum atomic E-state index is 12.5. The molecule has 0 aromatic heterocycles. The van der Waals surface area contributed by atoms with Gasteiger partial charge in [-0.3, -0.25) is 9.59 Å². The first kappa shape index (κ1) is 22.1. The fourth-order valence-electron chi connectivity index (χ4n) is 5.07. The van der Waals surface area contributed by atoms with Gasteiger partial charge >= 0.3 is 11.9 Å². The minimum atomic E-state index is -0.597. The fraction of sp³-hybridized carbons (Fsp3) is 0.750. The lowest BCUT2D eigenvalue weighted by molar-refractivity contribution is -0.162. The molecule has 8 atom stereocenters. The molecule has 1 fully saturated rings. The van der Waals surface area contributed by atoms with Gasteiger partial charge in [-0.2, -0.15) is 0 Å². The van der Waals surface area contributed by atoms with Crippen LogP contribution >= 0.6 is 0 Å². The summed E-state index contributed by atoms with van der Waals surface area (Å²) in [6.07, 6.45) is 9.70. The van der Waals surface area contributed by atoms with Gasteiger partial charge in [0.2, 0.25) is 0 Å². The van der Waals surface area contributed by atoms with Crippen LogP contribution in [0.15, 0.2) is 23.8 Å². The Balaban J connectivity index is 1.74. The van der Waals surface area contributed by atoms with Crippen molar-refractivity contribution in [3.63, 3.8) is 0 Å². The molecule has 1 saturated heterocycles. The minimum Gasteiger partial charge on any atom is -0.462 e. The fourth-order valence-corrected chi connectivity index (χ4v) is 5.07. The molecule has 1 N–H and O–H groups in total. The van der Waals surface area contributed by atoms with Crippen LogP contribution < -0.4 is 0 Å². The molecule has 1 aliphatic heterocycles. The van der Waals surface area contributed by atoms with Crippen LogP contribution in [0.4, 0.5) is 0 Å². The normalized spacial score (nSPS) is 37.9. The van der Waals surface area contributed by atoms with Gasteiger partial charge in [-0.1, -0.05) is 45.9 Å². The summed E-state index contributed by atoms with van der Waals surface area (Å²) in [4.78, 5) is 24.2. The molecule has 3 aliphatic rings. The zero-order valence-electron chi connectivity index (χ0n) is 18.2. The number of allylic oxidation sites excluding steroid dienone is 3. The highest BCUT2D eigenvalue weighted by molar-refractivity contribution is 5.72. The van der Waals surface area contributed by atoms with Crippen LogP contribution in [0.5, 0.6) is 0 Å². The van der Waals surface area contributed by atoms with Crippen molar-refractivity contribution in [2.24, 2.45) is 29.6 Å². The number of carbonyl (C=O) groups is 2. The van der Waals surface area contributed by atoms with E-state index in [0.29, 0.717) is 24.2 Å². The van der Waals surface area contributed by atoms with E-state index in [1.54, 1.807) is 0 Å². The van der Waals surface area contributed by atoms with Crippen LogP contribution in [-0.2, 0) is 19.1 Å². The Hall–Kier alpha value is -1.62. The van der Waals surface area contributed by atoms with Gasteiger partial charge in [-0.15, -0.1) is 0 Å². The molecule has 7 unspecified atom stereocenters. The van der Waals surface area contributed by atoms with Crippen molar-refractivity contribution in [2.75, 3.05) is 0 Å². The number of carbonyl (C=O) groups excluding carboxylic acids is 2. The Kier molecular flexibility index (Phi) is 7.20. The van der Waals surface area contributed by atoms with Crippen molar-refractivity contribution >= 4 is 11.9 Å². The molecule has 0 radical (unpaired) electrons. The second-order valence-electron chi connectivity index (χ2n) is 9.36. The smallest absolute Gasteiger partial charge is 0.308 e. The summed E-state index contributed by atoms with van der Waals surface area (Å²) in [5, 5.41) is 9.89. The Morgan fingerprint density at radius 1 is 1.31 bits per heavy atom. The number of aliphatic hydroxyl groups is 1. The Bertz CT molecular complexity index is 666.